The van der Waals surface area contributed by atoms with Crippen LogP contribution in [0.5, 0.6) is 0 Å². The number of nitrogens with zero attached hydrogens (tertiary/aromatic N) is 1. The van der Waals surface area contributed by atoms with Crippen LogP contribution in [-0.4, -0.2) is 63.5 Å². The molecule has 3 aliphatic heterocycles. The summed E-state index contributed by atoms with van der Waals surface area (Å²) < 4.78 is -0.966. The zero-order valence-electron chi connectivity index (χ0n) is 20.3. The van der Waals surface area contributed by atoms with Crippen molar-refractivity contribution in [2.75, 3.05) is 25.5 Å². The van der Waals surface area contributed by atoms with Crippen LogP contribution < -0.4 is 10.6 Å². The second kappa shape index (κ2) is 9.13. The number of likely N-dealkylation sites (tertiary alicyclic amines) is 1. The Bertz CT molecular complexity index is 1170. The first-order chi connectivity index (χ1) is 16.8. The molecular formula is C27H33N3O4S. The lowest BCUT2D eigenvalue weighted by molar-refractivity contribution is -0.140. The van der Waals surface area contributed by atoms with E-state index in [0.29, 0.717) is 25.1 Å². The van der Waals surface area contributed by atoms with Gasteiger partial charge in [-0.25, -0.2) is 0 Å². The molecule has 3 heterocycles. The Morgan fingerprint density at radius 1 is 1.09 bits per heavy atom. The Hall–Kier alpha value is -2.58. The van der Waals surface area contributed by atoms with Crippen LogP contribution in [0.3, 0.4) is 0 Å². The number of carbonyl (C=O) groups excluding carboxylic acids is 3. The molecule has 186 valence electrons. The summed E-state index contributed by atoms with van der Waals surface area (Å²) in [4.78, 5) is 42.5. The maximum Gasteiger partial charge on any atom is 0.248 e. The van der Waals surface area contributed by atoms with Crippen molar-refractivity contribution < 1.29 is 19.5 Å². The molecule has 0 aromatic heterocycles. The van der Waals surface area contributed by atoms with Crippen molar-refractivity contribution in [1.82, 2.24) is 10.2 Å². The standard InChI is InChI=1S/C27H33N3O4S/c1-26-12-13-27(35-26)21(20(26)23(32)28-2)25(34)30(14-6-3-7-15-31)22(27)24(33)29-19-11-10-17-8-4-5-9-18(17)16-19/h4-5,8-11,16,20-22,31H,3,6-7,12-15H2,1-2H3,(H,28,32)(H,29,33)/t20-,21-,22?,26+,27?/m0/s1. The lowest BCUT2D eigenvalue weighted by Gasteiger charge is -2.34. The average Bonchev–Trinajstić information content (AvgIpc) is 3.42. The van der Waals surface area contributed by atoms with E-state index in [1.165, 1.54) is 0 Å². The van der Waals surface area contributed by atoms with Crippen molar-refractivity contribution in [3.63, 3.8) is 0 Å². The molecule has 2 bridgehead atoms. The molecule has 0 radical (unpaired) electrons. The largest absolute Gasteiger partial charge is 0.396 e. The number of hydrogen-bond acceptors (Lipinski definition) is 5. The minimum Gasteiger partial charge on any atom is -0.396 e. The second-order valence-electron chi connectivity index (χ2n) is 10.2. The first-order valence-electron chi connectivity index (χ1n) is 12.5. The van der Waals surface area contributed by atoms with E-state index in [9.17, 15) is 14.4 Å². The Morgan fingerprint density at radius 2 is 1.86 bits per heavy atom. The van der Waals surface area contributed by atoms with E-state index in [1.54, 1.807) is 23.7 Å². The number of thioether (sulfide) groups is 1. The predicted octanol–water partition coefficient (Wildman–Crippen LogP) is 3.17. The van der Waals surface area contributed by atoms with E-state index in [2.05, 4.69) is 17.6 Å². The number of anilines is 1. The lowest BCUT2D eigenvalue weighted by Crippen LogP contribution is -2.52. The van der Waals surface area contributed by atoms with Crippen molar-refractivity contribution >= 4 is 45.9 Å². The van der Waals surface area contributed by atoms with Gasteiger partial charge in [-0.3, -0.25) is 14.4 Å². The average molecular weight is 496 g/mol. The fourth-order valence-corrected chi connectivity index (χ4v) is 8.93. The van der Waals surface area contributed by atoms with E-state index in [0.717, 1.165) is 30.0 Å². The zero-order chi connectivity index (χ0) is 24.8. The van der Waals surface area contributed by atoms with Gasteiger partial charge in [0.15, 0.2) is 0 Å². The molecular weight excluding hydrogens is 462 g/mol. The maximum atomic E-state index is 13.9. The van der Waals surface area contributed by atoms with Crippen molar-refractivity contribution in [2.45, 2.75) is 54.6 Å². The molecule has 2 unspecified atom stereocenters. The van der Waals surface area contributed by atoms with E-state index in [1.807, 2.05) is 42.5 Å². The van der Waals surface area contributed by atoms with E-state index in [-0.39, 0.29) is 29.1 Å². The molecule has 3 amide bonds. The van der Waals surface area contributed by atoms with Gasteiger partial charge < -0.3 is 20.6 Å². The number of hydrogen-bond donors (Lipinski definition) is 3. The number of nitrogens with one attached hydrogen (secondary N) is 2. The van der Waals surface area contributed by atoms with Crippen LogP contribution in [0.2, 0.25) is 0 Å². The summed E-state index contributed by atoms with van der Waals surface area (Å²) in [6.45, 7) is 2.63. The Morgan fingerprint density at radius 3 is 2.60 bits per heavy atom. The molecule has 7 nitrogen and oxygen atoms in total. The number of aliphatic hydroxyl groups is 1. The first-order valence-corrected chi connectivity index (χ1v) is 13.3. The quantitative estimate of drug-likeness (QED) is 0.489. The summed E-state index contributed by atoms with van der Waals surface area (Å²) in [6, 6.07) is 13.2. The number of carbonyl (C=O) groups is 3. The van der Waals surface area contributed by atoms with Crippen molar-refractivity contribution in [1.29, 1.82) is 0 Å². The summed E-state index contributed by atoms with van der Waals surface area (Å²) in [5.74, 6) is -1.34. The summed E-state index contributed by atoms with van der Waals surface area (Å²) >= 11 is 1.68. The Balaban J connectivity index is 1.48. The summed E-state index contributed by atoms with van der Waals surface area (Å²) in [5, 5.41) is 17.2. The van der Waals surface area contributed by atoms with Crippen molar-refractivity contribution in [2.24, 2.45) is 11.8 Å². The minimum absolute atomic E-state index is 0.0859. The highest BCUT2D eigenvalue weighted by Gasteiger charge is 2.76. The number of amides is 3. The molecule has 3 saturated heterocycles. The van der Waals surface area contributed by atoms with Crippen LogP contribution in [0.4, 0.5) is 5.69 Å². The van der Waals surface area contributed by atoms with Gasteiger partial charge in [0.2, 0.25) is 17.7 Å². The van der Waals surface area contributed by atoms with E-state index in [4.69, 9.17) is 5.11 Å². The summed E-state index contributed by atoms with van der Waals surface area (Å²) in [5.41, 5.74) is 0.702. The van der Waals surface area contributed by atoms with E-state index >= 15 is 0 Å². The van der Waals surface area contributed by atoms with Crippen LogP contribution in [0, 0.1) is 11.8 Å². The highest BCUT2D eigenvalue weighted by Crippen LogP contribution is 2.71. The van der Waals surface area contributed by atoms with Gasteiger partial charge in [-0.1, -0.05) is 30.3 Å². The van der Waals surface area contributed by atoms with Gasteiger partial charge in [0.05, 0.1) is 16.6 Å². The summed E-state index contributed by atoms with van der Waals surface area (Å²) in [6.07, 6.45) is 3.69. The second-order valence-corrected chi connectivity index (χ2v) is 12.1. The van der Waals surface area contributed by atoms with Crippen LogP contribution in [-0.2, 0) is 14.4 Å². The fraction of sp³-hybridized carbons (Fsp3) is 0.519. The molecule has 3 N–H and O–H groups in total. The van der Waals surface area contributed by atoms with Crippen LogP contribution in [0.15, 0.2) is 42.5 Å². The molecule has 5 rings (SSSR count). The predicted molar refractivity (Wildman–Crippen MR) is 138 cm³/mol. The highest BCUT2D eigenvalue weighted by atomic mass is 32.2. The van der Waals surface area contributed by atoms with E-state index < -0.39 is 22.6 Å². The molecule has 8 heteroatoms. The molecule has 1 spiro atoms. The molecule has 0 saturated carbocycles. The third-order valence-corrected chi connectivity index (χ3v) is 10.1. The summed E-state index contributed by atoms with van der Waals surface area (Å²) in [7, 11) is 1.62. The molecule has 2 aromatic carbocycles. The highest BCUT2D eigenvalue weighted by molar-refractivity contribution is 8.02. The maximum absolute atomic E-state index is 13.9. The van der Waals surface area contributed by atoms with Crippen molar-refractivity contribution in [3.8, 4) is 0 Å². The lowest BCUT2D eigenvalue weighted by atomic mass is 9.66. The number of fused-ring (bicyclic) bond motifs is 2. The monoisotopic (exact) mass is 495 g/mol. The number of aliphatic hydroxyl groups excluding tert-OH is 1. The fourth-order valence-electron chi connectivity index (χ4n) is 6.57. The topological polar surface area (TPSA) is 98.7 Å². The molecule has 3 fully saturated rings. The van der Waals surface area contributed by atoms with Gasteiger partial charge >= 0.3 is 0 Å². The number of rotatable bonds is 8. The molecule has 2 aromatic rings. The van der Waals surface area contributed by atoms with Gasteiger partial charge in [-0.05, 0) is 61.9 Å². The Labute approximate surface area is 210 Å². The first kappa shape index (κ1) is 24.1. The zero-order valence-corrected chi connectivity index (χ0v) is 21.1. The van der Waals surface area contributed by atoms with Crippen LogP contribution in [0.1, 0.15) is 39.0 Å². The number of benzene rings is 2. The van der Waals surface area contributed by atoms with Crippen molar-refractivity contribution in [3.05, 3.63) is 42.5 Å². The smallest absolute Gasteiger partial charge is 0.248 e. The Kier molecular flexibility index (Phi) is 6.30. The molecule has 5 atom stereocenters. The molecule has 35 heavy (non-hydrogen) atoms. The van der Waals surface area contributed by atoms with Crippen LogP contribution in [0.25, 0.3) is 10.8 Å². The van der Waals surface area contributed by atoms with Gasteiger partial charge in [0.25, 0.3) is 0 Å². The van der Waals surface area contributed by atoms with Crippen LogP contribution >= 0.6 is 11.8 Å². The SMILES string of the molecule is CNC(=O)[C@@H]1[C@H]2C(=O)N(CCCCCO)C(C(=O)Nc3ccc4ccccc4c3)C23CC[C@@]1(C)S3. The number of unbranched alkanes of at least 4 members (excludes halogenated alkanes) is 2. The third-order valence-electron chi connectivity index (χ3n) is 8.13. The van der Waals surface area contributed by atoms with Gasteiger partial charge in [-0.15, -0.1) is 11.8 Å². The minimum atomic E-state index is -0.637. The third kappa shape index (κ3) is 3.82. The van der Waals surface area contributed by atoms with Gasteiger partial charge in [0, 0.05) is 30.6 Å². The van der Waals surface area contributed by atoms with Gasteiger partial charge in [0.1, 0.15) is 6.04 Å². The van der Waals surface area contributed by atoms with Gasteiger partial charge in [-0.2, -0.15) is 0 Å². The normalized spacial score (nSPS) is 31.1. The molecule has 0 aliphatic carbocycles. The molecule has 3 aliphatic rings.